The number of carboxylic acid groups (broad SMARTS) is 1. The molecule has 29 heteroatoms. The number of carboxylic acids is 1. The lowest BCUT2D eigenvalue weighted by Crippen LogP contribution is -2.58. The summed E-state index contributed by atoms with van der Waals surface area (Å²) < 4.78 is 0. The Morgan fingerprint density at radius 3 is 1.38 bits per heavy atom. The maximum Gasteiger partial charge on any atom is 0.326 e. The Labute approximate surface area is 345 Å². The molecule has 0 aliphatic rings. The highest BCUT2D eigenvalue weighted by Gasteiger charge is 2.32. The molecule has 0 aliphatic carbocycles. The summed E-state index contributed by atoms with van der Waals surface area (Å²) in [5.41, 5.74) is 48.7. The highest BCUT2D eigenvalue weighted by atomic mass is 16.4. The average Bonchev–Trinajstić information content (AvgIpc) is 3.20. The quantitative estimate of drug-likeness (QED) is 0.00565. The second kappa shape index (κ2) is 32.0. The third kappa shape index (κ3) is 26.0. The number of aliphatic carboxylic acids is 1. The summed E-state index contributed by atoms with van der Waals surface area (Å²) in [6, 6.07) is -6.51. The van der Waals surface area contributed by atoms with Gasteiger partial charge in [-0.25, -0.2) is 4.79 Å². The van der Waals surface area contributed by atoms with E-state index in [1.165, 1.54) is 6.92 Å². The predicted molar refractivity (Wildman–Crippen MR) is 217 cm³/mol. The van der Waals surface area contributed by atoms with E-state index in [-0.39, 0.29) is 89.6 Å². The van der Waals surface area contributed by atoms with Crippen molar-refractivity contribution < 1.29 is 38.7 Å². The fraction of sp³-hybridized carbons (Fsp3) is 0.710. The van der Waals surface area contributed by atoms with Crippen LogP contribution in [0.5, 0.6) is 0 Å². The number of carbonyl (C=O) groups is 7. The molecular weight excluding hydrogens is 794 g/mol. The molecule has 29 nitrogen and oxygen atoms in total. The predicted octanol–water partition coefficient (Wildman–Crippen LogP) is -4.33. The van der Waals surface area contributed by atoms with Crippen LogP contribution >= 0.6 is 0 Å². The van der Waals surface area contributed by atoms with E-state index in [9.17, 15) is 38.7 Å². The number of amides is 6. The Balaban J connectivity index is 6.36. The fourth-order valence-electron chi connectivity index (χ4n) is 5.06. The molecule has 0 bridgehead atoms. The smallest absolute Gasteiger partial charge is 0.326 e. The Kier molecular flexibility index (Phi) is 28.3. The van der Waals surface area contributed by atoms with E-state index < -0.39 is 78.2 Å². The van der Waals surface area contributed by atoms with Crippen LogP contribution in [0.3, 0.4) is 0 Å². The molecule has 60 heavy (non-hydrogen) atoms. The van der Waals surface area contributed by atoms with Gasteiger partial charge in [-0.1, -0.05) is 0 Å². The second-order valence-electron chi connectivity index (χ2n) is 12.9. The van der Waals surface area contributed by atoms with E-state index in [1.54, 1.807) is 0 Å². The second-order valence-corrected chi connectivity index (χ2v) is 12.9. The molecule has 0 aliphatic heterocycles. The topological polar surface area (TPSA) is 488 Å². The standard InChI is InChI=1S/C31H59N21O8/c1-18(44-24(54)17-41-23(53)16-32)25(55)45-20(10-6-12-39-30(33)34)27(57)46-19(8-2-4-14-42-51-49-37)26(56)47-21(11-7-13-40-31(35)36)28(58)48-22(29(59)60)9-3-5-15-43-52-50-38/h18-22,42-43H,2-17,32H2,1H3,(H,41,53)(H,44,54)(H,45,55)(H,46,57)(H,47,56)(H,48,58)(H,59,60)(H4,33,34,39)(H4,35,36,40)/t18-,19-,20-,21-,22-/m0/s1. The highest BCUT2D eigenvalue weighted by Crippen LogP contribution is 2.09. The number of nitrogens with one attached hydrogen (secondary N) is 8. The number of azide groups is 2. The normalized spacial score (nSPS) is 12.7. The van der Waals surface area contributed by atoms with Crippen LogP contribution in [0.2, 0.25) is 0 Å². The van der Waals surface area contributed by atoms with Gasteiger partial charge in [-0.3, -0.25) is 49.6 Å². The summed E-state index contributed by atoms with van der Waals surface area (Å²) >= 11 is 0. The van der Waals surface area contributed by atoms with Gasteiger partial charge in [0.2, 0.25) is 35.4 Å². The fourth-order valence-corrected chi connectivity index (χ4v) is 5.06. The van der Waals surface area contributed by atoms with Crippen LogP contribution in [0.15, 0.2) is 20.4 Å². The first-order valence-electron chi connectivity index (χ1n) is 18.9. The zero-order chi connectivity index (χ0) is 45.3. The zero-order valence-corrected chi connectivity index (χ0v) is 33.5. The number of hydrogen-bond acceptors (Lipinski definition) is 12. The van der Waals surface area contributed by atoms with Gasteiger partial charge < -0.3 is 65.7 Å². The molecule has 5 atom stereocenters. The van der Waals surface area contributed by atoms with Crippen molar-refractivity contribution >= 4 is 53.3 Å². The Hall–Kier alpha value is -6.99. The van der Waals surface area contributed by atoms with Gasteiger partial charge in [-0.05, 0) is 81.6 Å². The minimum atomic E-state index is -1.35. The van der Waals surface area contributed by atoms with E-state index in [1.807, 2.05) is 0 Å². The van der Waals surface area contributed by atoms with Crippen molar-refractivity contribution in [3.05, 3.63) is 20.9 Å². The third-order valence-electron chi connectivity index (χ3n) is 8.10. The molecule has 336 valence electrons. The van der Waals surface area contributed by atoms with Crippen LogP contribution in [-0.4, -0.2) is 128 Å². The highest BCUT2D eigenvalue weighted by molar-refractivity contribution is 5.96. The summed E-state index contributed by atoms with van der Waals surface area (Å²) in [5.74, 6) is -6.39. The summed E-state index contributed by atoms with van der Waals surface area (Å²) in [5, 5.41) is 31.1. The van der Waals surface area contributed by atoms with E-state index in [0.29, 0.717) is 19.3 Å². The maximum absolute atomic E-state index is 13.9. The van der Waals surface area contributed by atoms with E-state index in [0.717, 1.165) is 0 Å². The van der Waals surface area contributed by atoms with Crippen molar-refractivity contribution in [2.24, 2.45) is 49.1 Å². The number of nitrogens with two attached hydrogens (primary N) is 5. The summed E-state index contributed by atoms with van der Waals surface area (Å²) in [4.78, 5) is 103. The number of rotatable bonds is 33. The van der Waals surface area contributed by atoms with Crippen LogP contribution in [0, 0.1) is 0 Å². The minimum absolute atomic E-state index is 0.000305. The molecule has 0 saturated heterocycles. The first kappa shape index (κ1) is 53.0. The largest absolute Gasteiger partial charge is 0.480 e. The minimum Gasteiger partial charge on any atom is -0.480 e. The van der Waals surface area contributed by atoms with Crippen molar-refractivity contribution in [1.82, 2.24) is 42.8 Å². The van der Waals surface area contributed by atoms with Gasteiger partial charge in [0.15, 0.2) is 11.9 Å². The summed E-state index contributed by atoms with van der Waals surface area (Å²) in [6.45, 7) is 1.11. The Bertz CT molecular complexity index is 1560. The molecule has 0 rings (SSSR count). The first-order valence-corrected chi connectivity index (χ1v) is 18.9. The lowest BCUT2D eigenvalue weighted by Gasteiger charge is -2.26. The molecule has 0 spiro atoms. The van der Waals surface area contributed by atoms with Gasteiger partial charge in [0.05, 0.1) is 26.2 Å². The Morgan fingerprint density at radius 2 is 0.983 bits per heavy atom. The molecule has 0 unspecified atom stereocenters. The van der Waals surface area contributed by atoms with Crippen molar-refractivity contribution in [3.63, 3.8) is 0 Å². The molecule has 0 aromatic heterocycles. The third-order valence-corrected chi connectivity index (χ3v) is 8.10. The van der Waals surface area contributed by atoms with Crippen molar-refractivity contribution in [2.75, 3.05) is 39.3 Å². The monoisotopic (exact) mass is 853 g/mol. The molecule has 0 aromatic rings. The number of aliphatic imine (C=N–C) groups is 2. The van der Waals surface area contributed by atoms with Crippen molar-refractivity contribution in [2.45, 2.75) is 101 Å². The van der Waals surface area contributed by atoms with Crippen molar-refractivity contribution in [1.29, 1.82) is 0 Å². The van der Waals surface area contributed by atoms with Gasteiger partial charge in [-0.2, -0.15) is 9.82 Å². The van der Waals surface area contributed by atoms with Crippen molar-refractivity contribution in [3.8, 4) is 0 Å². The van der Waals surface area contributed by atoms with Gasteiger partial charge in [-0.15, -0.1) is 11.1 Å². The molecule has 6 amide bonds. The van der Waals surface area contributed by atoms with Crippen LogP contribution < -0.4 is 71.4 Å². The van der Waals surface area contributed by atoms with E-state index in [4.69, 9.17) is 39.7 Å². The number of carbonyl (C=O) groups excluding carboxylic acids is 6. The number of guanidine groups is 2. The number of hydrogen-bond donors (Lipinski definition) is 14. The molecule has 19 N–H and O–H groups in total. The molecule has 0 aromatic carbocycles. The van der Waals surface area contributed by atoms with Gasteiger partial charge in [0.25, 0.3) is 0 Å². The Morgan fingerprint density at radius 1 is 0.583 bits per heavy atom. The van der Waals surface area contributed by atoms with Gasteiger partial charge in [0, 0.05) is 13.1 Å². The zero-order valence-electron chi connectivity index (χ0n) is 33.5. The number of unbranched alkanes of at least 4 members (excludes halogenated alkanes) is 2. The molecule has 0 fully saturated rings. The number of nitrogens with zero attached hydrogens (tertiary/aromatic N) is 8. The van der Waals surface area contributed by atoms with E-state index >= 15 is 0 Å². The van der Waals surface area contributed by atoms with E-state index in [2.05, 4.69) is 73.0 Å². The molecular formula is C31H59N21O8. The average molecular weight is 854 g/mol. The molecule has 0 saturated carbocycles. The lowest BCUT2D eigenvalue weighted by atomic mass is 10.0. The molecule has 0 heterocycles. The van der Waals surface area contributed by atoms with Crippen LogP contribution in [0.1, 0.15) is 71.1 Å². The van der Waals surface area contributed by atoms with Crippen LogP contribution in [0.25, 0.3) is 20.9 Å². The molecule has 0 radical (unpaired) electrons. The van der Waals surface area contributed by atoms with Gasteiger partial charge in [0.1, 0.15) is 30.2 Å². The van der Waals surface area contributed by atoms with Crippen LogP contribution in [-0.2, 0) is 33.6 Å². The lowest BCUT2D eigenvalue weighted by molar-refractivity contribution is -0.142. The summed E-state index contributed by atoms with van der Waals surface area (Å²) in [6.07, 6.45) is 1.59. The maximum atomic E-state index is 13.9. The summed E-state index contributed by atoms with van der Waals surface area (Å²) in [7, 11) is 0. The SMILES string of the molecule is C[C@H](NC(=O)CNC(=O)CN)C(=O)N[C@@H](CCCN=C(N)N)C(=O)N[C@@H](CCCCNN=[N+]=[N-])C(=O)N[C@@H](CCCN=C(N)N)C(=O)N[C@@H](CCCCNN=[N+]=[N-])C(=O)O. The van der Waals surface area contributed by atoms with Crippen LogP contribution in [0.4, 0.5) is 0 Å². The van der Waals surface area contributed by atoms with Gasteiger partial charge >= 0.3 is 5.97 Å². The first-order chi connectivity index (χ1) is 28.6.